The van der Waals surface area contributed by atoms with Crippen LogP contribution < -0.4 is 5.56 Å². The molecule has 144 valence electrons. The second-order valence-electron chi connectivity index (χ2n) is 7.05. The van der Waals surface area contributed by atoms with Crippen molar-refractivity contribution >= 4 is 5.91 Å². The van der Waals surface area contributed by atoms with E-state index in [-0.39, 0.29) is 17.5 Å². The number of likely N-dealkylation sites (N-methyl/N-ethyl adjacent to an activating group) is 1. The number of rotatable bonds is 5. The SMILES string of the molecule is Cc1ccnc(CC(C)N(C)C(=O)c2ccc(-c3ccc(=O)n(C)n3)cc2)c1. The Labute approximate surface area is 164 Å². The fourth-order valence-electron chi connectivity index (χ4n) is 2.99. The average Bonchev–Trinajstić information content (AvgIpc) is 2.69. The van der Waals surface area contributed by atoms with Gasteiger partial charge in [-0.15, -0.1) is 0 Å². The molecular formula is C22H24N4O2. The van der Waals surface area contributed by atoms with E-state index in [1.807, 2.05) is 45.2 Å². The Morgan fingerprint density at radius 2 is 1.86 bits per heavy atom. The van der Waals surface area contributed by atoms with Gasteiger partial charge in [0.1, 0.15) is 0 Å². The van der Waals surface area contributed by atoms with Crippen molar-refractivity contribution in [2.75, 3.05) is 7.05 Å². The zero-order chi connectivity index (χ0) is 20.3. The summed E-state index contributed by atoms with van der Waals surface area (Å²) in [4.78, 5) is 30.4. The summed E-state index contributed by atoms with van der Waals surface area (Å²) in [5, 5.41) is 4.24. The largest absolute Gasteiger partial charge is 0.339 e. The Morgan fingerprint density at radius 3 is 2.50 bits per heavy atom. The zero-order valence-corrected chi connectivity index (χ0v) is 16.6. The molecule has 0 aliphatic heterocycles. The standard InChI is InChI=1S/C22H24N4O2/c1-15-11-12-23-19(13-15)14-16(2)25(3)22(28)18-7-5-17(6-8-18)20-9-10-21(27)26(4)24-20/h5-13,16H,14H2,1-4H3. The summed E-state index contributed by atoms with van der Waals surface area (Å²) < 4.78 is 1.29. The van der Waals surface area contributed by atoms with Crippen LogP contribution in [-0.4, -0.2) is 38.7 Å². The summed E-state index contributed by atoms with van der Waals surface area (Å²) in [7, 11) is 3.43. The highest BCUT2D eigenvalue weighted by Crippen LogP contribution is 2.18. The van der Waals surface area contributed by atoms with Crippen molar-refractivity contribution < 1.29 is 4.79 Å². The molecule has 0 radical (unpaired) electrons. The molecule has 3 rings (SSSR count). The summed E-state index contributed by atoms with van der Waals surface area (Å²) in [5.41, 5.74) is 4.13. The predicted octanol–water partition coefficient (Wildman–Crippen LogP) is 2.85. The van der Waals surface area contributed by atoms with Gasteiger partial charge in [0.15, 0.2) is 0 Å². The quantitative estimate of drug-likeness (QED) is 0.687. The molecule has 28 heavy (non-hydrogen) atoms. The van der Waals surface area contributed by atoms with E-state index in [0.29, 0.717) is 17.7 Å². The Hall–Kier alpha value is -3.28. The minimum atomic E-state index is -0.158. The Balaban J connectivity index is 1.72. The minimum Gasteiger partial charge on any atom is -0.339 e. The zero-order valence-electron chi connectivity index (χ0n) is 16.6. The number of aromatic nitrogens is 3. The molecule has 0 aliphatic rings. The van der Waals surface area contributed by atoms with Crippen LogP contribution in [0.1, 0.15) is 28.5 Å². The Kier molecular flexibility index (Phi) is 5.68. The number of benzene rings is 1. The highest BCUT2D eigenvalue weighted by atomic mass is 16.2. The third-order valence-corrected chi connectivity index (χ3v) is 4.85. The van der Waals surface area contributed by atoms with Crippen molar-refractivity contribution in [1.29, 1.82) is 0 Å². The number of hydrogen-bond donors (Lipinski definition) is 0. The van der Waals surface area contributed by atoms with Gasteiger partial charge in [-0.1, -0.05) is 12.1 Å². The van der Waals surface area contributed by atoms with Crippen LogP contribution in [0.5, 0.6) is 0 Å². The van der Waals surface area contributed by atoms with Crippen LogP contribution in [0.4, 0.5) is 0 Å². The molecule has 6 nitrogen and oxygen atoms in total. The van der Waals surface area contributed by atoms with Gasteiger partial charge in [-0.05, 0) is 49.7 Å². The maximum atomic E-state index is 12.8. The third kappa shape index (κ3) is 4.34. The molecule has 1 atom stereocenters. The summed E-state index contributed by atoms with van der Waals surface area (Å²) in [5.74, 6) is -0.0416. The van der Waals surface area contributed by atoms with E-state index in [1.165, 1.54) is 10.7 Å². The van der Waals surface area contributed by atoms with Gasteiger partial charge in [0, 0.05) is 55.6 Å². The summed E-state index contributed by atoms with van der Waals surface area (Å²) in [6.45, 7) is 4.05. The van der Waals surface area contributed by atoms with Crippen molar-refractivity contribution in [3.05, 3.63) is 81.9 Å². The van der Waals surface area contributed by atoms with Gasteiger partial charge in [-0.25, -0.2) is 4.68 Å². The van der Waals surface area contributed by atoms with E-state index >= 15 is 0 Å². The molecule has 1 unspecified atom stereocenters. The number of aryl methyl sites for hydroxylation is 2. The van der Waals surface area contributed by atoms with Crippen LogP contribution in [0, 0.1) is 6.92 Å². The highest BCUT2D eigenvalue weighted by molar-refractivity contribution is 5.94. The molecule has 0 fully saturated rings. The van der Waals surface area contributed by atoms with E-state index in [4.69, 9.17) is 0 Å². The minimum absolute atomic E-state index is 0.0202. The fraction of sp³-hybridized carbons (Fsp3) is 0.273. The van der Waals surface area contributed by atoms with Crippen LogP contribution in [0.3, 0.4) is 0 Å². The summed E-state index contributed by atoms with van der Waals surface area (Å²) in [6.07, 6.45) is 2.50. The number of nitrogens with zero attached hydrogens (tertiary/aromatic N) is 4. The van der Waals surface area contributed by atoms with Gasteiger partial charge in [0.2, 0.25) is 0 Å². The Morgan fingerprint density at radius 1 is 1.14 bits per heavy atom. The highest BCUT2D eigenvalue weighted by Gasteiger charge is 2.18. The molecule has 0 saturated heterocycles. The monoisotopic (exact) mass is 376 g/mol. The number of carbonyl (C=O) groups is 1. The molecule has 0 aliphatic carbocycles. The molecule has 2 aromatic heterocycles. The third-order valence-electron chi connectivity index (χ3n) is 4.85. The first-order valence-electron chi connectivity index (χ1n) is 9.18. The Bertz CT molecular complexity index is 1040. The molecule has 6 heteroatoms. The molecular weight excluding hydrogens is 352 g/mol. The van der Waals surface area contributed by atoms with Crippen molar-refractivity contribution in [2.45, 2.75) is 26.3 Å². The normalized spacial score (nSPS) is 11.9. The lowest BCUT2D eigenvalue weighted by Crippen LogP contribution is -2.36. The molecule has 0 N–H and O–H groups in total. The maximum absolute atomic E-state index is 12.8. The lowest BCUT2D eigenvalue weighted by molar-refractivity contribution is 0.0743. The number of carbonyl (C=O) groups excluding carboxylic acids is 1. The van der Waals surface area contributed by atoms with E-state index in [9.17, 15) is 9.59 Å². The van der Waals surface area contributed by atoms with Crippen LogP contribution >= 0.6 is 0 Å². The average molecular weight is 376 g/mol. The predicted molar refractivity (Wildman–Crippen MR) is 109 cm³/mol. The molecule has 0 spiro atoms. The first-order chi connectivity index (χ1) is 13.3. The number of pyridine rings is 1. The molecule has 1 aromatic carbocycles. The van der Waals surface area contributed by atoms with Gasteiger partial charge in [0.05, 0.1) is 5.69 Å². The molecule has 2 heterocycles. The van der Waals surface area contributed by atoms with E-state index < -0.39 is 0 Å². The van der Waals surface area contributed by atoms with Crippen molar-refractivity contribution in [1.82, 2.24) is 19.7 Å². The topological polar surface area (TPSA) is 68.1 Å². The van der Waals surface area contributed by atoms with Gasteiger partial charge in [0.25, 0.3) is 11.5 Å². The molecule has 1 amide bonds. The van der Waals surface area contributed by atoms with Crippen LogP contribution in [0.15, 0.2) is 59.5 Å². The van der Waals surface area contributed by atoms with Gasteiger partial charge < -0.3 is 4.90 Å². The first kappa shape index (κ1) is 19.5. The molecule has 0 bridgehead atoms. The fourth-order valence-corrected chi connectivity index (χ4v) is 2.99. The van der Waals surface area contributed by atoms with Crippen LogP contribution in [0.2, 0.25) is 0 Å². The second kappa shape index (κ2) is 8.17. The molecule has 3 aromatic rings. The van der Waals surface area contributed by atoms with E-state index in [1.54, 1.807) is 36.3 Å². The van der Waals surface area contributed by atoms with Crippen LogP contribution in [-0.2, 0) is 13.5 Å². The second-order valence-corrected chi connectivity index (χ2v) is 7.05. The maximum Gasteiger partial charge on any atom is 0.266 e. The van der Waals surface area contributed by atoms with E-state index in [2.05, 4.69) is 10.1 Å². The van der Waals surface area contributed by atoms with Crippen molar-refractivity contribution in [3.63, 3.8) is 0 Å². The number of amides is 1. The van der Waals surface area contributed by atoms with Gasteiger partial charge in [-0.3, -0.25) is 14.6 Å². The number of hydrogen-bond acceptors (Lipinski definition) is 4. The first-order valence-corrected chi connectivity index (χ1v) is 9.18. The van der Waals surface area contributed by atoms with Crippen molar-refractivity contribution in [2.24, 2.45) is 7.05 Å². The van der Waals surface area contributed by atoms with E-state index in [0.717, 1.165) is 16.8 Å². The summed E-state index contributed by atoms with van der Waals surface area (Å²) in [6, 6.07) is 14.5. The van der Waals surface area contributed by atoms with Crippen molar-refractivity contribution in [3.8, 4) is 11.3 Å². The summed E-state index contributed by atoms with van der Waals surface area (Å²) >= 11 is 0. The lowest BCUT2D eigenvalue weighted by atomic mass is 10.1. The molecule has 0 saturated carbocycles. The van der Waals surface area contributed by atoms with Gasteiger partial charge in [-0.2, -0.15) is 5.10 Å². The smallest absolute Gasteiger partial charge is 0.266 e. The van der Waals surface area contributed by atoms with Gasteiger partial charge >= 0.3 is 0 Å². The van der Waals surface area contributed by atoms with Crippen LogP contribution in [0.25, 0.3) is 11.3 Å². The lowest BCUT2D eigenvalue weighted by Gasteiger charge is -2.25.